The highest BCUT2D eigenvalue weighted by atomic mass is 16.1. The average Bonchev–Trinajstić information content (AvgIpc) is 2.54. The van der Waals surface area contributed by atoms with Crippen molar-refractivity contribution in [1.29, 1.82) is 5.26 Å². The number of carbonyl (C=O) groups excluding carboxylic acids is 1. The number of benzene rings is 2. The second-order valence-electron chi connectivity index (χ2n) is 5.04. The summed E-state index contributed by atoms with van der Waals surface area (Å²) in [6.07, 6.45) is 1.02. The lowest BCUT2D eigenvalue weighted by Gasteiger charge is -2.15. The molecule has 0 aliphatic heterocycles. The van der Waals surface area contributed by atoms with Crippen LogP contribution in [0.3, 0.4) is 0 Å². The molecule has 0 saturated heterocycles. The van der Waals surface area contributed by atoms with Crippen LogP contribution in [0.25, 0.3) is 0 Å². The summed E-state index contributed by atoms with van der Waals surface area (Å²) in [6.45, 7) is 4.27. The zero-order valence-corrected chi connectivity index (χ0v) is 12.3. The lowest BCUT2D eigenvalue weighted by Crippen LogP contribution is -2.13. The van der Waals surface area contributed by atoms with Gasteiger partial charge < -0.3 is 5.32 Å². The van der Waals surface area contributed by atoms with Gasteiger partial charge in [0, 0.05) is 11.3 Å². The van der Waals surface area contributed by atoms with Crippen LogP contribution in [0.4, 0.5) is 5.69 Å². The maximum atomic E-state index is 12.3. The number of hydrogen-bond acceptors (Lipinski definition) is 2. The molecule has 2 aromatic carbocycles. The second-order valence-corrected chi connectivity index (χ2v) is 5.04. The Morgan fingerprint density at radius 3 is 2.48 bits per heavy atom. The lowest BCUT2D eigenvalue weighted by molar-refractivity contribution is 0.102. The minimum atomic E-state index is -0.157. The molecule has 3 nitrogen and oxygen atoms in total. The van der Waals surface area contributed by atoms with E-state index in [1.54, 1.807) is 24.3 Å². The molecule has 0 bridgehead atoms. The highest BCUT2D eigenvalue weighted by Gasteiger charge is 2.12. The van der Waals surface area contributed by atoms with Crippen molar-refractivity contribution >= 4 is 11.6 Å². The van der Waals surface area contributed by atoms with E-state index in [0.29, 0.717) is 17.0 Å². The first-order valence-electron chi connectivity index (χ1n) is 7.06. The van der Waals surface area contributed by atoms with Crippen LogP contribution in [-0.4, -0.2) is 5.91 Å². The molecular formula is C18H18N2O. The van der Waals surface area contributed by atoms with Crippen molar-refractivity contribution in [2.75, 3.05) is 5.32 Å². The molecule has 2 aromatic rings. The first-order chi connectivity index (χ1) is 10.2. The molecule has 2 rings (SSSR count). The van der Waals surface area contributed by atoms with E-state index in [2.05, 4.69) is 19.2 Å². The minimum absolute atomic E-state index is 0.157. The third-order valence-electron chi connectivity index (χ3n) is 3.63. The predicted octanol–water partition coefficient (Wildman–Crippen LogP) is 4.32. The summed E-state index contributed by atoms with van der Waals surface area (Å²) in [5, 5.41) is 11.7. The summed E-state index contributed by atoms with van der Waals surface area (Å²) >= 11 is 0. The van der Waals surface area contributed by atoms with E-state index in [1.807, 2.05) is 30.3 Å². The molecule has 0 unspecified atom stereocenters. The van der Waals surface area contributed by atoms with E-state index in [4.69, 9.17) is 5.26 Å². The Balaban J connectivity index is 2.21. The van der Waals surface area contributed by atoms with Gasteiger partial charge in [-0.15, -0.1) is 0 Å². The third-order valence-corrected chi connectivity index (χ3v) is 3.63. The van der Waals surface area contributed by atoms with Crippen LogP contribution in [-0.2, 0) is 0 Å². The van der Waals surface area contributed by atoms with Crippen LogP contribution < -0.4 is 5.32 Å². The molecule has 0 fully saturated rings. The highest BCUT2D eigenvalue weighted by Crippen LogP contribution is 2.26. The van der Waals surface area contributed by atoms with Crippen LogP contribution in [0.15, 0.2) is 48.5 Å². The van der Waals surface area contributed by atoms with E-state index in [9.17, 15) is 4.79 Å². The second kappa shape index (κ2) is 6.71. The van der Waals surface area contributed by atoms with Crippen molar-refractivity contribution in [3.8, 4) is 6.07 Å². The molecule has 0 radical (unpaired) electrons. The van der Waals surface area contributed by atoms with Gasteiger partial charge in [0.25, 0.3) is 5.91 Å². The number of rotatable bonds is 4. The van der Waals surface area contributed by atoms with Gasteiger partial charge in [-0.2, -0.15) is 5.26 Å². The maximum absolute atomic E-state index is 12.3. The molecule has 0 saturated carbocycles. The highest BCUT2D eigenvalue weighted by molar-refractivity contribution is 6.04. The van der Waals surface area contributed by atoms with Gasteiger partial charge in [-0.25, -0.2) is 0 Å². The number of nitrogens with one attached hydrogen (secondary N) is 1. The molecule has 0 aromatic heterocycles. The summed E-state index contributed by atoms with van der Waals surface area (Å²) in [6, 6.07) is 16.5. The SMILES string of the molecule is CC[C@@H](C)c1ccccc1NC(=O)c1ccc(C#N)cc1. The number of para-hydroxylation sites is 1. The third kappa shape index (κ3) is 3.49. The Bertz CT molecular complexity index is 668. The number of nitrogens with zero attached hydrogens (tertiary/aromatic N) is 1. The van der Waals surface area contributed by atoms with E-state index in [-0.39, 0.29) is 5.91 Å². The van der Waals surface area contributed by atoms with Crippen LogP contribution in [0, 0.1) is 11.3 Å². The Labute approximate surface area is 125 Å². The normalized spacial score (nSPS) is 11.5. The quantitative estimate of drug-likeness (QED) is 0.905. The Hall–Kier alpha value is -2.60. The number of carbonyl (C=O) groups is 1. The Morgan fingerprint density at radius 2 is 1.86 bits per heavy atom. The van der Waals surface area contributed by atoms with Gasteiger partial charge >= 0.3 is 0 Å². The number of anilines is 1. The molecule has 21 heavy (non-hydrogen) atoms. The Kier molecular flexibility index (Phi) is 4.73. The monoisotopic (exact) mass is 278 g/mol. The fourth-order valence-electron chi connectivity index (χ4n) is 2.15. The summed E-state index contributed by atoms with van der Waals surface area (Å²) in [4.78, 5) is 12.3. The van der Waals surface area contributed by atoms with Crippen LogP contribution >= 0.6 is 0 Å². The van der Waals surface area contributed by atoms with Crippen LogP contribution in [0.2, 0.25) is 0 Å². The number of nitriles is 1. The van der Waals surface area contributed by atoms with E-state index in [1.165, 1.54) is 0 Å². The maximum Gasteiger partial charge on any atom is 0.255 e. The standard InChI is InChI=1S/C18H18N2O/c1-3-13(2)16-6-4-5-7-17(16)20-18(21)15-10-8-14(12-19)9-11-15/h4-11,13H,3H2,1-2H3,(H,20,21)/t13-/m1/s1. The molecule has 106 valence electrons. The number of hydrogen-bond donors (Lipinski definition) is 1. The average molecular weight is 278 g/mol. The first-order valence-corrected chi connectivity index (χ1v) is 7.06. The van der Waals surface area contributed by atoms with E-state index >= 15 is 0 Å². The van der Waals surface area contributed by atoms with Crippen molar-refractivity contribution < 1.29 is 4.79 Å². The van der Waals surface area contributed by atoms with Gasteiger partial charge in [0.15, 0.2) is 0 Å². The molecule has 0 heterocycles. The minimum Gasteiger partial charge on any atom is -0.322 e. The fraction of sp³-hybridized carbons (Fsp3) is 0.222. The topological polar surface area (TPSA) is 52.9 Å². The van der Waals surface area contributed by atoms with Crippen LogP contribution in [0.1, 0.15) is 47.7 Å². The van der Waals surface area contributed by atoms with Crippen molar-refractivity contribution in [1.82, 2.24) is 0 Å². The summed E-state index contributed by atoms with van der Waals surface area (Å²) in [7, 11) is 0. The van der Waals surface area contributed by atoms with Gasteiger partial charge in [0.2, 0.25) is 0 Å². The summed E-state index contributed by atoms with van der Waals surface area (Å²) in [5.41, 5.74) is 3.09. The molecule has 3 heteroatoms. The fourth-order valence-corrected chi connectivity index (χ4v) is 2.15. The lowest BCUT2D eigenvalue weighted by atomic mass is 9.97. The van der Waals surface area contributed by atoms with Crippen molar-refractivity contribution in [2.24, 2.45) is 0 Å². The zero-order chi connectivity index (χ0) is 15.2. The van der Waals surface area contributed by atoms with Gasteiger partial charge in [-0.1, -0.05) is 32.0 Å². The van der Waals surface area contributed by atoms with Gasteiger partial charge in [0.05, 0.1) is 11.6 Å². The van der Waals surface area contributed by atoms with Crippen molar-refractivity contribution in [3.05, 3.63) is 65.2 Å². The number of amides is 1. The van der Waals surface area contributed by atoms with E-state index in [0.717, 1.165) is 17.7 Å². The smallest absolute Gasteiger partial charge is 0.255 e. The van der Waals surface area contributed by atoms with Gasteiger partial charge in [-0.3, -0.25) is 4.79 Å². The van der Waals surface area contributed by atoms with E-state index < -0.39 is 0 Å². The molecular weight excluding hydrogens is 260 g/mol. The largest absolute Gasteiger partial charge is 0.322 e. The van der Waals surface area contributed by atoms with Crippen molar-refractivity contribution in [2.45, 2.75) is 26.2 Å². The Morgan fingerprint density at radius 1 is 1.19 bits per heavy atom. The molecule has 0 spiro atoms. The van der Waals surface area contributed by atoms with Gasteiger partial charge in [-0.05, 0) is 48.2 Å². The van der Waals surface area contributed by atoms with Crippen LogP contribution in [0.5, 0.6) is 0 Å². The predicted molar refractivity (Wildman–Crippen MR) is 84.3 cm³/mol. The zero-order valence-electron chi connectivity index (χ0n) is 12.3. The summed E-state index contributed by atoms with van der Waals surface area (Å²) < 4.78 is 0. The molecule has 1 N–H and O–H groups in total. The molecule has 1 atom stereocenters. The molecule has 0 aliphatic rings. The molecule has 1 amide bonds. The molecule has 0 aliphatic carbocycles. The van der Waals surface area contributed by atoms with Crippen molar-refractivity contribution in [3.63, 3.8) is 0 Å². The first kappa shape index (κ1) is 14.8. The van der Waals surface area contributed by atoms with Gasteiger partial charge in [0.1, 0.15) is 0 Å². The summed E-state index contributed by atoms with van der Waals surface area (Å²) in [5.74, 6) is 0.234.